The van der Waals surface area contributed by atoms with Gasteiger partial charge in [-0.3, -0.25) is 0 Å². The van der Waals surface area contributed by atoms with Crippen LogP contribution in [-0.4, -0.2) is 22.6 Å². The first-order chi connectivity index (χ1) is 38.1. The van der Waals surface area contributed by atoms with Crippen LogP contribution in [0.1, 0.15) is 25.3 Å². The molecule has 4 aliphatic rings. The van der Waals surface area contributed by atoms with Gasteiger partial charge in [-0.25, -0.2) is 0 Å². The second-order valence-electron chi connectivity index (χ2n) is 21.3. The average Bonchev–Trinajstić information content (AvgIpc) is 4.02. The number of fused-ring (bicyclic) bond motifs is 16. The van der Waals surface area contributed by atoms with Gasteiger partial charge in [0.25, 0.3) is 0 Å². The Morgan fingerprint density at radius 1 is 0.351 bits per heavy atom. The van der Waals surface area contributed by atoms with Crippen molar-refractivity contribution >= 4 is 147 Å². The minimum Gasteiger partial charge on any atom is -0.310 e. The molecule has 0 atom stereocenters. The van der Waals surface area contributed by atoms with Crippen molar-refractivity contribution in [2.75, 3.05) is 9.80 Å². The molecule has 6 heterocycles. The van der Waals surface area contributed by atoms with Gasteiger partial charge < -0.3 is 18.9 Å². The number of para-hydroxylation sites is 6. The van der Waals surface area contributed by atoms with Crippen LogP contribution in [0.5, 0.6) is 0 Å². The van der Waals surface area contributed by atoms with Crippen molar-refractivity contribution in [3.05, 3.63) is 242 Å². The Bertz CT molecular complexity index is 4260. The Hall–Kier alpha value is -8.55. The predicted molar refractivity (Wildman–Crippen MR) is 329 cm³/mol. The summed E-state index contributed by atoms with van der Waals surface area (Å²) >= 11 is 4.02. The molecule has 0 saturated carbocycles. The van der Waals surface area contributed by atoms with Crippen molar-refractivity contribution in [3.8, 4) is 11.4 Å². The summed E-state index contributed by atoms with van der Waals surface area (Å²) in [4.78, 5) is 10.4. The highest BCUT2D eigenvalue weighted by atomic mass is 32.2. The molecule has 0 N–H and O–H groups in total. The molecule has 11 aromatic carbocycles. The molecule has 13 aromatic rings. The molecule has 77 heavy (non-hydrogen) atoms. The maximum absolute atomic E-state index is 2.70. The molecule has 8 heteroatoms. The Labute approximate surface area is 456 Å². The molecule has 0 fully saturated rings. The molecular weight excluding hydrogens is 971 g/mol. The first kappa shape index (κ1) is 43.7. The van der Waals surface area contributed by atoms with Crippen LogP contribution in [0.3, 0.4) is 0 Å². The zero-order valence-electron chi connectivity index (χ0n) is 42.4. The molecule has 17 rings (SSSR count). The highest BCUT2D eigenvalue weighted by Crippen LogP contribution is 2.49. The lowest BCUT2D eigenvalue weighted by Crippen LogP contribution is -2.63. The molecule has 4 aliphatic heterocycles. The standard InChI is InChI=1S/C69H46B2N4S2/c1-42(2)63-68-55(70-53-35-31-47(72(43-19-7-3-8-20-43)44-21-9-4-10-22-44)39-59(53)74-57-29-17-15-27-49(57)51-33-37-61(76-68)64(70)66(51)74)41-56-69(63)77-62-38-34-52-50-28-16-18-30-58(50)75-60-40-48(32-36-54(60)71(56)65(62)67(52)75)73(45-23-11-5-12-24-45)46-25-13-6-14-26-46/h3-42H,1-2H3. The first-order valence-electron chi connectivity index (χ1n) is 26.8. The number of aromatic nitrogens is 2. The molecule has 2 aromatic heterocycles. The van der Waals surface area contributed by atoms with Gasteiger partial charge in [0.05, 0.1) is 22.1 Å². The minimum atomic E-state index is 0.0138. The molecule has 0 aliphatic carbocycles. The summed E-state index contributed by atoms with van der Waals surface area (Å²) in [6.07, 6.45) is 0. The highest BCUT2D eigenvalue weighted by Gasteiger charge is 2.46. The minimum absolute atomic E-state index is 0.0138. The van der Waals surface area contributed by atoms with Crippen LogP contribution in [0, 0.1) is 0 Å². The number of benzene rings is 11. The van der Waals surface area contributed by atoms with Crippen LogP contribution in [-0.2, 0) is 0 Å². The van der Waals surface area contributed by atoms with E-state index < -0.39 is 0 Å². The molecule has 360 valence electrons. The van der Waals surface area contributed by atoms with E-state index in [0.717, 1.165) is 34.1 Å². The monoisotopic (exact) mass is 1020 g/mol. The van der Waals surface area contributed by atoms with Gasteiger partial charge in [-0.05, 0) is 130 Å². The van der Waals surface area contributed by atoms with Crippen LogP contribution in [0.15, 0.2) is 256 Å². The van der Waals surface area contributed by atoms with E-state index in [0.29, 0.717) is 0 Å². The molecule has 0 saturated heterocycles. The van der Waals surface area contributed by atoms with Gasteiger partial charge in [0, 0.05) is 86.6 Å². The topological polar surface area (TPSA) is 16.3 Å². The van der Waals surface area contributed by atoms with E-state index in [4.69, 9.17) is 0 Å². The largest absolute Gasteiger partial charge is 0.310 e. The smallest absolute Gasteiger partial charge is 0.249 e. The zero-order chi connectivity index (χ0) is 50.6. The third-order valence-corrected chi connectivity index (χ3v) is 19.4. The average molecular weight is 1020 g/mol. The predicted octanol–water partition coefficient (Wildman–Crippen LogP) is 14.5. The number of anilines is 6. The Morgan fingerprint density at radius 3 is 1.12 bits per heavy atom. The van der Waals surface area contributed by atoms with Crippen LogP contribution < -0.4 is 42.6 Å². The lowest BCUT2D eigenvalue weighted by atomic mass is 9.32. The Kier molecular flexibility index (Phi) is 9.34. The van der Waals surface area contributed by atoms with Gasteiger partial charge in [-0.15, -0.1) is 0 Å². The number of hydrogen-bond acceptors (Lipinski definition) is 4. The maximum atomic E-state index is 2.70. The van der Waals surface area contributed by atoms with Crippen molar-refractivity contribution < 1.29 is 0 Å². The fraction of sp³-hybridized carbons (Fsp3) is 0.0435. The van der Waals surface area contributed by atoms with Gasteiger partial charge in [-0.2, -0.15) is 0 Å². The van der Waals surface area contributed by atoms with Crippen LogP contribution in [0.4, 0.5) is 34.1 Å². The third kappa shape index (κ3) is 6.11. The highest BCUT2D eigenvalue weighted by molar-refractivity contribution is 8.01. The number of nitrogens with zero attached hydrogens (tertiary/aromatic N) is 4. The SMILES string of the molecule is CC(C)c1c2c(cc3c1Sc1ccc4c5ccccc5n5c4c1B3c1ccc(N(c3ccccc3)c3ccccc3)cc1-5)B1c3ccc(N(c4ccccc4)c4ccccc4)cc3-n3c4ccccc4c4ccc(c1c43)S2. The van der Waals surface area contributed by atoms with Crippen LogP contribution in [0.2, 0.25) is 0 Å². The van der Waals surface area contributed by atoms with Crippen LogP contribution >= 0.6 is 23.5 Å². The summed E-state index contributed by atoms with van der Waals surface area (Å²) in [6, 6.07) is 88.5. The van der Waals surface area contributed by atoms with Gasteiger partial charge in [0.15, 0.2) is 0 Å². The summed E-state index contributed by atoms with van der Waals surface area (Å²) in [6.45, 7) is 4.88. The lowest BCUT2D eigenvalue weighted by Gasteiger charge is -2.39. The van der Waals surface area contributed by atoms with E-state index in [2.05, 4.69) is 269 Å². The van der Waals surface area contributed by atoms with E-state index in [9.17, 15) is 0 Å². The third-order valence-electron chi connectivity index (χ3n) is 16.9. The molecule has 0 spiro atoms. The normalized spacial score (nSPS) is 13.3. The van der Waals surface area contributed by atoms with Crippen molar-refractivity contribution in [1.29, 1.82) is 0 Å². The van der Waals surface area contributed by atoms with Crippen molar-refractivity contribution in [2.45, 2.75) is 39.3 Å². The van der Waals surface area contributed by atoms with Gasteiger partial charge in [-0.1, -0.05) is 188 Å². The summed E-state index contributed by atoms with van der Waals surface area (Å²) in [5.41, 5.74) is 24.3. The maximum Gasteiger partial charge on any atom is 0.249 e. The first-order valence-corrected chi connectivity index (χ1v) is 28.5. The van der Waals surface area contributed by atoms with Crippen molar-refractivity contribution in [3.63, 3.8) is 0 Å². The van der Waals surface area contributed by atoms with E-state index >= 15 is 0 Å². The Balaban J connectivity index is 0.938. The molecule has 0 unspecified atom stereocenters. The summed E-state index contributed by atoms with van der Waals surface area (Å²) in [7, 11) is 0. The van der Waals surface area contributed by atoms with Crippen LogP contribution in [0.25, 0.3) is 55.0 Å². The van der Waals surface area contributed by atoms with Gasteiger partial charge >= 0.3 is 0 Å². The molecule has 0 radical (unpaired) electrons. The van der Waals surface area contributed by atoms with Crippen molar-refractivity contribution in [1.82, 2.24) is 9.13 Å². The van der Waals surface area contributed by atoms with Gasteiger partial charge in [0.2, 0.25) is 13.4 Å². The molecule has 0 amide bonds. The molecule has 0 bridgehead atoms. The fourth-order valence-corrected chi connectivity index (χ4v) is 16.8. The summed E-state index contributed by atoms with van der Waals surface area (Å²) in [5, 5.41) is 5.20. The van der Waals surface area contributed by atoms with Crippen molar-refractivity contribution in [2.24, 2.45) is 0 Å². The second kappa shape index (κ2) is 16.5. The number of hydrogen-bond donors (Lipinski definition) is 0. The lowest BCUT2D eigenvalue weighted by molar-refractivity contribution is 0.821. The second-order valence-corrected chi connectivity index (χ2v) is 23.4. The quantitative estimate of drug-likeness (QED) is 0.148. The molecule has 4 nitrogen and oxygen atoms in total. The van der Waals surface area contributed by atoms with Gasteiger partial charge in [0.1, 0.15) is 0 Å². The Morgan fingerprint density at radius 2 is 0.727 bits per heavy atom. The van der Waals surface area contributed by atoms with E-state index in [1.165, 1.54) is 113 Å². The van der Waals surface area contributed by atoms with E-state index in [1.54, 1.807) is 0 Å². The fourth-order valence-electron chi connectivity index (χ4n) is 13.9. The summed E-state index contributed by atoms with van der Waals surface area (Å²) in [5.74, 6) is 0.277. The zero-order valence-corrected chi connectivity index (χ0v) is 44.0. The van der Waals surface area contributed by atoms with E-state index in [1.807, 2.05) is 23.5 Å². The molecular formula is C69H46B2N4S2. The number of rotatable bonds is 7. The van der Waals surface area contributed by atoms with E-state index in [-0.39, 0.29) is 19.3 Å². The summed E-state index contributed by atoms with van der Waals surface area (Å²) < 4.78 is 5.20.